The van der Waals surface area contributed by atoms with Crippen molar-refractivity contribution >= 4 is 40.5 Å². The maximum Gasteiger partial charge on any atom is 0.340 e. The SMILES string of the molecule is O=C(COC(=O)c1ccc([N+](=O)[O-])cc1Cl)Nc1ccc([N+](=O)[O-])cc1. The van der Waals surface area contributed by atoms with E-state index in [9.17, 15) is 29.8 Å². The molecule has 0 spiro atoms. The van der Waals surface area contributed by atoms with Crippen LogP contribution in [0.4, 0.5) is 17.1 Å². The highest BCUT2D eigenvalue weighted by Crippen LogP contribution is 2.23. The summed E-state index contributed by atoms with van der Waals surface area (Å²) in [5, 5.41) is 23.4. The number of halogens is 1. The number of anilines is 1. The molecule has 11 heteroatoms. The van der Waals surface area contributed by atoms with Gasteiger partial charge in [-0.1, -0.05) is 11.6 Å². The van der Waals surface area contributed by atoms with Crippen LogP contribution in [0.1, 0.15) is 10.4 Å². The van der Waals surface area contributed by atoms with Gasteiger partial charge in [0.2, 0.25) is 0 Å². The van der Waals surface area contributed by atoms with Crippen LogP contribution in [0.3, 0.4) is 0 Å². The number of amides is 1. The van der Waals surface area contributed by atoms with Crippen LogP contribution in [0, 0.1) is 20.2 Å². The lowest BCUT2D eigenvalue weighted by Crippen LogP contribution is -2.21. The van der Waals surface area contributed by atoms with Gasteiger partial charge in [0, 0.05) is 30.0 Å². The van der Waals surface area contributed by atoms with E-state index >= 15 is 0 Å². The molecular weight excluding hydrogens is 370 g/mol. The molecule has 0 bridgehead atoms. The molecule has 0 unspecified atom stereocenters. The van der Waals surface area contributed by atoms with E-state index in [0.29, 0.717) is 0 Å². The number of benzene rings is 2. The van der Waals surface area contributed by atoms with Gasteiger partial charge in [0.15, 0.2) is 6.61 Å². The minimum absolute atomic E-state index is 0.125. The Hall–Kier alpha value is -3.53. The third-order valence-electron chi connectivity index (χ3n) is 3.08. The van der Waals surface area contributed by atoms with Gasteiger partial charge in [0.1, 0.15) is 0 Å². The normalized spacial score (nSPS) is 10.0. The van der Waals surface area contributed by atoms with Gasteiger partial charge in [0.25, 0.3) is 17.3 Å². The summed E-state index contributed by atoms with van der Waals surface area (Å²) in [5.41, 5.74) is -0.268. The van der Waals surface area contributed by atoms with E-state index in [1.807, 2.05) is 0 Å². The Bertz CT molecular complexity index is 883. The molecule has 2 rings (SSSR count). The van der Waals surface area contributed by atoms with Crippen LogP contribution in [0.15, 0.2) is 42.5 Å². The zero-order valence-electron chi connectivity index (χ0n) is 12.9. The molecule has 0 saturated heterocycles. The zero-order chi connectivity index (χ0) is 19.3. The molecule has 0 saturated carbocycles. The van der Waals surface area contributed by atoms with E-state index in [2.05, 4.69) is 5.32 Å². The number of hydrogen-bond donors (Lipinski definition) is 1. The number of carbonyl (C=O) groups is 2. The van der Waals surface area contributed by atoms with Crippen molar-refractivity contribution in [1.29, 1.82) is 0 Å². The molecule has 0 aliphatic rings. The Morgan fingerprint density at radius 3 is 2.12 bits per heavy atom. The Labute approximate surface area is 150 Å². The van der Waals surface area contributed by atoms with Crippen LogP contribution in [0.25, 0.3) is 0 Å². The number of non-ortho nitro benzene ring substituents is 2. The van der Waals surface area contributed by atoms with Gasteiger partial charge < -0.3 is 10.1 Å². The van der Waals surface area contributed by atoms with Crippen molar-refractivity contribution in [3.8, 4) is 0 Å². The molecule has 0 aliphatic heterocycles. The van der Waals surface area contributed by atoms with Gasteiger partial charge >= 0.3 is 5.97 Å². The quantitative estimate of drug-likeness (QED) is 0.461. The second-order valence-corrected chi connectivity index (χ2v) is 5.26. The second kappa shape index (κ2) is 8.03. The number of hydrogen-bond acceptors (Lipinski definition) is 7. The number of carbonyl (C=O) groups excluding carboxylic acids is 2. The van der Waals surface area contributed by atoms with Crippen LogP contribution in [0.5, 0.6) is 0 Å². The average molecular weight is 380 g/mol. The molecule has 1 N–H and O–H groups in total. The van der Waals surface area contributed by atoms with E-state index in [0.717, 1.165) is 18.2 Å². The fourth-order valence-electron chi connectivity index (χ4n) is 1.86. The second-order valence-electron chi connectivity index (χ2n) is 4.85. The first-order valence-electron chi connectivity index (χ1n) is 6.93. The number of nitro benzene ring substituents is 2. The largest absolute Gasteiger partial charge is 0.452 e. The maximum absolute atomic E-state index is 11.9. The fourth-order valence-corrected chi connectivity index (χ4v) is 2.11. The summed E-state index contributed by atoms with van der Waals surface area (Å²) in [5.74, 6) is -1.60. The standard InChI is InChI=1S/C15H10ClN3O7/c16-13-7-11(19(24)25)5-6-12(13)15(21)26-8-14(20)17-9-1-3-10(4-2-9)18(22)23/h1-7H,8H2,(H,17,20). The van der Waals surface area contributed by atoms with Crippen molar-refractivity contribution < 1.29 is 24.2 Å². The molecule has 10 nitrogen and oxygen atoms in total. The monoisotopic (exact) mass is 379 g/mol. The van der Waals surface area contributed by atoms with Gasteiger partial charge in [-0.15, -0.1) is 0 Å². The van der Waals surface area contributed by atoms with Gasteiger partial charge in [-0.2, -0.15) is 0 Å². The summed E-state index contributed by atoms with van der Waals surface area (Å²) >= 11 is 5.79. The molecule has 0 radical (unpaired) electrons. The lowest BCUT2D eigenvalue weighted by molar-refractivity contribution is -0.385. The van der Waals surface area contributed by atoms with Gasteiger partial charge in [-0.3, -0.25) is 25.0 Å². The number of rotatable bonds is 6. The molecule has 26 heavy (non-hydrogen) atoms. The third kappa shape index (κ3) is 4.74. The molecule has 2 aromatic carbocycles. The molecule has 0 aliphatic carbocycles. The molecular formula is C15H10ClN3O7. The number of esters is 1. The molecule has 0 aromatic heterocycles. The maximum atomic E-state index is 11.9. The van der Waals surface area contributed by atoms with E-state index in [4.69, 9.17) is 16.3 Å². The van der Waals surface area contributed by atoms with Crippen LogP contribution in [0.2, 0.25) is 5.02 Å². The Balaban J connectivity index is 1.93. The van der Waals surface area contributed by atoms with Crippen molar-refractivity contribution in [2.24, 2.45) is 0 Å². The van der Waals surface area contributed by atoms with Crippen LogP contribution >= 0.6 is 11.6 Å². The number of nitro groups is 2. The van der Waals surface area contributed by atoms with E-state index < -0.39 is 28.3 Å². The highest BCUT2D eigenvalue weighted by atomic mass is 35.5. The van der Waals surface area contributed by atoms with E-state index in [1.165, 1.54) is 24.3 Å². The highest BCUT2D eigenvalue weighted by Gasteiger charge is 2.17. The minimum Gasteiger partial charge on any atom is -0.452 e. The van der Waals surface area contributed by atoms with Crippen molar-refractivity contribution in [2.75, 3.05) is 11.9 Å². The van der Waals surface area contributed by atoms with Crippen LogP contribution in [-0.2, 0) is 9.53 Å². The lowest BCUT2D eigenvalue weighted by atomic mass is 10.2. The first kappa shape index (κ1) is 18.8. The molecule has 1 amide bonds. The average Bonchev–Trinajstić information content (AvgIpc) is 2.60. The zero-order valence-corrected chi connectivity index (χ0v) is 13.6. The van der Waals surface area contributed by atoms with Gasteiger partial charge in [0.05, 0.1) is 20.4 Å². The fraction of sp³-hybridized carbons (Fsp3) is 0.0667. The smallest absolute Gasteiger partial charge is 0.340 e. The Morgan fingerprint density at radius 1 is 1.00 bits per heavy atom. The number of ether oxygens (including phenoxy) is 1. The van der Waals surface area contributed by atoms with E-state index in [1.54, 1.807) is 0 Å². The third-order valence-corrected chi connectivity index (χ3v) is 3.39. The highest BCUT2D eigenvalue weighted by molar-refractivity contribution is 6.33. The summed E-state index contributed by atoms with van der Waals surface area (Å²) in [6.07, 6.45) is 0. The lowest BCUT2D eigenvalue weighted by Gasteiger charge is -2.07. The molecule has 0 atom stereocenters. The molecule has 134 valence electrons. The number of nitrogens with zero attached hydrogens (tertiary/aromatic N) is 2. The summed E-state index contributed by atoms with van der Waals surface area (Å²) in [6.45, 7) is -0.636. The van der Waals surface area contributed by atoms with Crippen molar-refractivity contribution in [2.45, 2.75) is 0 Å². The first-order valence-corrected chi connectivity index (χ1v) is 7.31. The van der Waals surface area contributed by atoms with E-state index in [-0.39, 0.29) is 27.6 Å². The predicted octanol–water partition coefficient (Wildman–Crippen LogP) is 2.95. The summed E-state index contributed by atoms with van der Waals surface area (Å²) in [6, 6.07) is 8.26. The van der Waals surface area contributed by atoms with Crippen molar-refractivity contribution in [1.82, 2.24) is 0 Å². The summed E-state index contributed by atoms with van der Waals surface area (Å²) in [7, 11) is 0. The first-order chi connectivity index (χ1) is 12.3. The van der Waals surface area contributed by atoms with Crippen LogP contribution in [-0.4, -0.2) is 28.3 Å². The molecule has 0 fully saturated rings. The van der Waals surface area contributed by atoms with Crippen molar-refractivity contribution in [3.05, 3.63) is 73.3 Å². The predicted molar refractivity (Wildman–Crippen MR) is 90.1 cm³/mol. The van der Waals surface area contributed by atoms with Gasteiger partial charge in [-0.05, 0) is 18.2 Å². The summed E-state index contributed by atoms with van der Waals surface area (Å²) in [4.78, 5) is 43.6. The van der Waals surface area contributed by atoms with Gasteiger partial charge in [-0.25, -0.2) is 4.79 Å². The topological polar surface area (TPSA) is 142 Å². The minimum atomic E-state index is -0.927. The molecule has 2 aromatic rings. The van der Waals surface area contributed by atoms with Crippen molar-refractivity contribution in [3.63, 3.8) is 0 Å². The summed E-state index contributed by atoms with van der Waals surface area (Å²) < 4.78 is 4.79. The number of nitrogens with one attached hydrogen (secondary N) is 1. The molecule has 0 heterocycles. The Kier molecular flexibility index (Phi) is 5.81. The Morgan fingerprint density at radius 2 is 1.58 bits per heavy atom. The van der Waals surface area contributed by atoms with Crippen LogP contribution < -0.4 is 5.32 Å².